The normalized spacial score (nSPS) is 13.0. The summed E-state index contributed by atoms with van der Waals surface area (Å²) in [7, 11) is 0. The quantitative estimate of drug-likeness (QED) is 0.553. The number of aromatic amines is 1. The average molecular weight is 392 g/mol. The van der Waals surface area contributed by atoms with Crippen molar-refractivity contribution in [2.75, 3.05) is 11.9 Å². The standard InChI is InChI=1S/C21H21FN6O/c1-11-10-28-20(25-11)16(19-12(2)26-27-13(19)3)9-24-21(28)23-8-15-14-6-7-29-18(14)5-4-17(15)22/h4-5,9-10H,6-8H2,1-3H3,(H,23,24)(H,26,27). The van der Waals surface area contributed by atoms with Crippen molar-refractivity contribution in [3.05, 3.63) is 58.6 Å². The van der Waals surface area contributed by atoms with Crippen LogP contribution in [0.15, 0.2) is 24.5 Å². The minimum Gasteiger partial charge on any atom is -0.493 e. The first kappa shape index (κ1) is 17.7. The van der Waals surface area contributed by atoms with Crippen molar-refractivity contribution in [3.8, 4) is 16.9 Å². The molecule has 0 saturated heterocycles. The predicted molar refractivity (Wildman–Crippen MR) is 108 cm³/mol. The third-order valence-electron chi connectivity index (χ3n) is 5.37. The zero-order valence-electron chi connectivity index (χ0n) is 16.5. The van der Waals surface area contributed by atoms with Crippen LogP contribution in [0, 0.1) is 26.6 Å². The number of rotatable bonds is 4. The summed E-state index contributed by atoms with van der Waals surface area (Å²) >= 11 is 0. The van der Waals surface area contributed by atoms with Crippen molar-refractivity contribution in [1.29, 1.82) is 0 Å². The predicted octanol–water partition coefficient (Wildman–Crippen LogP) is 3.73. The van der Waals surface area contributed by atoms with E-state index in [0.29, 0.717) is 24.7 Å². The first-order valence-corrected chi connectivity index (χ1v) is 9.56. The van der Waals surface area contributed by atoms with Crippen LogP contribution in [0.2, 0.25) is 0 Å². The number of H-pyrrole nitrogens is 1. The lowest BCUT2D eigenvalue weighted by atomic mass is 10.0. The third-order valence-corrected chi connectivity index (χ3v) is 5.37. The van der Waals surface area contributed by atoms with Crippen molar-refractivity contribution in [3.63, 3.8) is 0 Å². The van der Waals surface area contributed by atoms with Crippen molar-refractivity contribution in [1.82, 2.24) is 24.6 Å². The van der Waals surface area contributed by atoms with Crippen LogP contribution in [0.1, 0.15) is 28.2 Å². The van der Waals surface area contributed by atoms with Crippen LogP contribution in [0.3, 0.4) is 0 Å². The average Bonchev–Trinajstić information content (AvgIpc) is 3.40. The number of halogens is 1. The van der Waals surface area contributed by atoms with E-state index in [4.69, 9.17) is 4.74 Å². The van der Waals surface area contributed by atoms with Gasteiger partial charge in [0, 0.05) is 53.3 Å². The van der Waals surface area contributed by atoms with Gasteiger partial charge in [-0.1, -0.05) is 0 Å². The van der Waals surface area contributed by atoms with E-state index < -0.39 is 0 Å². The van der Waals surface area contributed by atoms with Gasteiger partial charge in [-0.05, 0) is 32.9 Å². The van der Waals surface area contributed by atoms with E-state index in [1.807, 2.05) is 31.4 Å². The van der Waals surface area contributed by atoms with Crippen LogP contribution >= 0.6 is 0 Å². The fraction of sp³-hybridized carbons (Fsp3) is 0.286. The molecule has 148 valence electrons. The van der Waals surface area contributed by atoms with E-state index in [0.717, 1.165) is 51.6 Å². The molecule has 0 spiro atoms. The summed E-state index contributed by atoms with van der Waals surface area (Å²) < 4.78 is 21.9. The molecular formula is C21H21FN6O. The van der Waals surface area contributed by atoms with Gasteiger partial charge in [-0.2, -0.15) is 5.10 Å². The van der Waals surface area contributed by atoms with Gasteiger partial charge in [-0.15, -0.1) is 0 Å². The summed E-state index contributed by atoms with van der Waals surface area (Å²) in [5.74, 6) is 1.14. The maximum Gasteiger partial charge on any atom is 0.208 e. The third kappa shape index (κ3) is 2.83. The Kier molecular flexibility index (Phi) is 4.01. The van der Waals surface area contributed by atoms with Gasteiger partial charge in [-0.3, -0.25) is 9.50 Å². The first-order valence-electron chi connectivity index (χ1n) is 9.56. The largest absolute Gasteiger partial charge is 0.493 e. The van der Waals surface area contributed by atoms with Crippen molar-refractivity contribution < 1.29 is 9.13 Å². The fourth-order valence-corrected chi connectivity index (χ4v) is 4.02. The Morgan fingerprint density at radius 2 is 2.14 bits per heavy atom. The molecule has 0 saturated carbocycles. The molecule has 7 nitrogen and oxygen atoms in total. The van der Waals surface area contributed by atoms with E-state index in [1.165, 1.54) is 6.07 Å². The van der Waals surface area contributed by atoms with Crippen LogP contribution in [-0.4, -0.2) is 31.2 Å². The Balaban J connectivity index is 1.55. The van der Waals surface area contributed by atoms with Gasteiger partial charge in [0.25, 0.3) is 0 Å². The SMILES string of the molecule is Cc1cn2c(NCc3c(F)ccc4c3CCO4)ncc(-c3c(C)n[nH]c3C)c2n1. The summed E-state index contributed by atoms with van der Waals surface area (Å²) in [4.78, 5) is 9.30. The number of benzene rings is 1. The number of ether oxygens (including phenoxy) is 1. The number of aromatic nitrogens is 5. The molecule has 4 heterocycles. The van der Waals surface area contributed by atoms with E-state index in [9.17, 15) is 4.39 Å². The van der Waals surface area contributed by atoms with Gasteiger partial charge < -0.3 is 10.1 Å². The Labute approximate surface area is 167 Å². The van der Waals surface area contributed by atoms with Crippen molar-refractivity contribution >= 4 is 11.6 Å². The van der Waals surface area contributed by atoms with Gasteiger partial charge in [0.2, 0.25) is 5.95 Å². The monoisotopic (exact) mass is 392 g/mol. The van der Waals surface area contributed by atoms with Crippen LogP contribution < -0.4 is 10.1 Å². The number of hydrogen-bond donors (Lipinski definition) is 2. The summed E-state index contributed by atoms with van der Waals surface area (Å²) in [5, 5.41) is 10.6. The van der Waals surface area contributed by atoms with Gasteiger partial charge in [0.05, 0.1) is 18.0 Å². The molecule has 0 radical (unpaired) electrons. The second-order valence-electron chi connectivity index (χ2n) is 7.34. The highest BCUT2D eigenvalue weighted by Gasteiger charge is 2.21. The summed E-state index contributed by atoms with van der Waals surface area (Å²) in [6.45, 7) is 6.79. The zero-order valence-corrected chi connectivity index (χ0v) is 16.5. The first-order chi connectivity index (χ1) is 14.0. The summed E-state index contributed by atoms with van der Waals surface area (Å²) in [6.07, 6.45) is 4.44. The molecule has 5 rings (SSSR count). The molecule has 0 aliphatic carbocycles. The highest BCUT2D eigenvalue weighted by atomic mass is 19.1. The molecule has 1 aliphatic heterocycles. The zero-order chi connectivity index (χ0) is 20.1. The molecule has 0 atom stereocenters. The van der Waals surface area contributed by atoms with Crippen LogP contribution in [-0.2, 0) is 13.0 Å². The molecule has 1 aromatic carbocycles. The lowest BCUT2D eigenvalue weighted by molar-refractivity contribution is 0.356. The molecule has 3 aromatic heterocycles. The van der Waals surface area contributed by atoms with E-state index >= 15 is 0 Å². The Morgan fingerprint density at radius 3 is 2.93 bits per heavy atom. The lowest BCUT2D eigenvalue weighted by Gasteiger charge is -2.13. The fourth-order valence-electron chi connectivity index (χ4n) is 4.02. The highest BCUT2D eigenvalue weighted by Crippen LogP contribution is 2.32. The smallest absolute Gasteiger partial charge is 0.208 e. The molecule has 0 amide bonds. The Bertz CT molecular complexity index is 1220. The van der Waals surface area contributed by atoms with Crippen LogP contribution in [0.4, 0.5) is 10.3 Å². The maximum atomic E-state index is 14.5. The van der Waals surface area contributed by atoms with E-state index in [-0.39, 0.29) is 5.82 Å². The van der Waals surface area contributed by atoms with Crippen molar-refractivity contribution in [2.45, 2.75) is 33.7 Å². The van der Waals surface area contributed by atoms with Crippen LogP contribution in [0.25, 0.3) is 16.8 Å². The van der Waals surface area contributed by atoms with Gasteiger partial charge >= 0.3 is 0 Å². The highest BCUT2D eigenvalue weighted by molar-refractivity contribution is 5.81. The molecule has 0 fully saturated rings. The molecule has 29 heavy (non-hydrogen) atoms. The van der Waals surface area contributed by atoms with Crippen LogP contribution in [0.5, 0.6) is 5.75 Å². The Morgan fingerprint density at radius 1 is 1.28 bits per heavy atom. The minimum absolute atomic E-state index is 0.235. The lowest BCUT2D eigenvalue weighted by Crippen LogP contribution is -2.09. The van der Waals surface area contributed by atoms with E-state index in [2.05, 4.69) is 25.5 Å². The van der Waals surface area contributed by atoms with Gasteiger partial charge in [-0.25, -0.2) is 14.4 Å². The topological polar surface area (TPSA) is 80.1 Å². The molecule has 8 heteroatoms. The molecule has 1 aliphatic rings. The maximum absolute atomic E-state index is 14.5. The molecule has 0 bridgehead atoms. The van der Waals surface area contributed by atoms with Gasteiger partial charge in [0.15, 0.2) is 0 Å². The number of aryl methyl sites for hydroxylation is 3. The van der Waals surface area contributed by atoms with E-state index in [1.54, 1.807) is 12.3 Å². The number of imidazole rings is 1. The number of fused-ring (bicyclic) bond motifs is 2. The van der Waals surface area contributed by atoms with Gasteiger partial charge in [0.1, 0.15) is 17.2 Å². The number of anilines is 1. The summed E-state index contributed by atoms with van der Waals surface area (Å²) in [6, 6.07) is 3.15. The van der Waals surface area contributed by atoms with Crippen molar-refractivity contribution in [2.24, 2.45) is 0 Å². The minimum atomic E-state index is -0.235. The number of nitrogens with one attached hydrogen (secondary N) is 2. The Hall–Kier alpha value is -3.42. The number of hydrogen-bond acceptors (Lipinski definition) is 5. The molecule has 4 aromatic rings. The second kappa shape index (κ2) is 6.58. The summed E-state index contributed by atoms with van der Waals surface area (Å²) in [5.41, 5.74) is 6.99. The molecular weight excluding hydrogens is 371 g/mol. The molecule has 2 N–H and O–H groups in total. The second-order valence-corrected chi connectivity index (χ2v) is 7.34. The molecule has 0 unspecified atom stereocenters. The number of nitrogens with zero attached hydrogens (tertiary/aromatic N) is 4.